The predicted octanol–water partition coefficient (Wildman–Crippen LogP) is 1.35. The monoisotopic (exact) mass is 186 g/mol. The van der Waals surface area contributed by atoms with Crippen LogP contribution in [0.1, 0.15) is 33.6 Å². The maximum absolute atomic E-state index is 11.6. The van der Waals surface area contributed by atoms with E-state index >= 15 is 0 Å². The lowest BCUT2D eigenvalue weighted by Gasteiger charge is -2.37. The minimum atomic E-state index is -0.541. The van der Waals surface area contributed by atoms with Crippen LogP contribution in [0.2, 0.25) is 0 Å². The molecule has 76 valence electrons. The highest BCUT2D eigenvalue weighted by molar-refractivity contribution is 5.78. The molecule has 3 heteroatoms. The van der Waals surface area contributed by atoms with Crippen molar-refractivity contribution in [1.82, 2.24) is 0 Å². The number of methoxy groups -OCH3 is 1. The number of hydrogen-bond acceptors (Lipinski definition) is 3. The van der Waals surface area contributed by atoms with Crippen molar-refractivity contribution in [2.45, 2.75) is 39.7 Å². The fraction of sp³-hybridized carbons (Fsp3) is 0.900. The molecule has 13 heavy (non-hydrogen) atoms. The van der Waals surface area contributed by atoms with Crippen molar-refractivity contribution in [2.24, 2.45) is 10.8 Å². The Morgan fingerprint density at radius 2 is 2.00 bits per heavy atom. The first-order chi connectivity index (χ1) is 5.86. The summed E-state index contributed by atoms with van der Waals surface area (Å²) in [6, 6.07) is 0. The van der Waals surface area contributed by atoms with Crippen LogP contribution < -0.4 is 0 Å². The normalized spacial score (nSPS) is 37.5. The third kappa shape index (κ3) is 1.26. The summed E-state index contributed by atoms with van der Waals surface area (Å²) in [7, 11) is 1.40. The number of aliphatic hydroxyl groups excluding tert-OH is 1. The number of carbonyl (C=O) groups excluding carboxylic acids is 1. The maximum Gasteiger partial charge on any atom is 0.312 e. The van der Waals surface area contributed by atoms with Gasteiger partial charge in [-0.05, 0) is 19.8 Å². The number of hydrogen-bond donors (Lipinski definition) is 1. The van der Waals surface area contributed by atoms with E-state index in [0.29, 0.717) is 12.8 Å². The first-order valence-corrected chi connectivity index (χ1v) is 4.63. The van der Waals surface area contributed by atoms with E-state index in [1.54, 1.807) is 0 Å². The van der Waals surface area contributed by atoms with Crippen molar-refractivity contribution in [3.63, 3.8) is 0 Å². The molecule has 0 aromatic heterocycles. The van der Waals surface area contributed by atoms with Gasteiger partial charge in [-0.2, -0.15) is 0 Å². The van der Waals surface area contributed by atoms with E-state index < -0.39 is 11.5 Å². The Labute approximate surface area is 79.1 Å². The molecule has 1 saturated carbocycles. The fourth-order valence-electron chi connectivity index (χ4n) is 2.07. The molecule has 0 aromatic carbocycles. The van der Waals surface area contributed by atoms with Crippen LogP contribution in [0.3, 0.4) is 0 Å². The Balaban J connectivity index is 2.98. The number of esters is 1. The Morgan fingerprint density at radius 1 is 1.46 bits per heavy atom. The molecule has 1 fully saturated rings. The zero-order valence-corrected chi connectivity index (χ0v) is 8.76. The zero-order valence-electron chi connectivity index (χ0n) is 8.76. The number of carbonyl (C=O) groups is 1. The van der Waals surface area contributed by atoms with Crippen LogP contribution in [-0.2, 0) is 9.53 Å². The Bertz CT molecular complexity index is 222. The molecular weight excluding hydrogens is 168 g/mol. The molecule has 0 amide bonds. The molecule has 2 atom stereocenters. The van der Waals surface area contributed by atoms with Crippen LogP contribution in [0.25, 0.3) is 0 Å². The summed E-state index contributed by atoms with van der Waals surface area (Å²) < 4.78 is 4.77. The van der Waals surface area contributed by atoms with Crippen molar-refractivity contribution in [1.29, 1.82) is 0 Å². The molecule has 1 rings (SSSR count). The molecule has 0 unspecified atom stereocenters. The van der Waals surface area contributed by atoms with Gasteiger partial charge in [-0.1, -0.05) is 13.8 Å². The van der Waals surface area contributed by atoms with Gasteiger partial charge >= 0.3 is 5.97 Å². The number of ether oxygens (including phenoxy) is 1. The van der Waals surface area contributed by atoms with E-state index in [9.17, 15) is 9.90 Å². The van der Waals surface area contributed by atoms with Gasteiger partial charge in [-0.15, -0.1) is 0 Å². The van der Waals surface area contributed by atoms with E-state index in [1.807, 2.05) is 20.8 Å². The molecular formula is C10H18O3. The van der Waals surface area contributed by atoms with Gasteiger partial charge in [-0.25, -0.2) is 0 Å². The number of aliphatic hydroxyl groups is 1. The summed E-state index contributed by atoms with van der Waals surface area (Å²) >= 11 is 0. The second kappa shape index (κ2) is 2.98. The van der Waals surface area contributed by atoms with Crippen LogP contribution in [-0.4, -0.2) is 24.3 Å². The lowest BCUT2D eigenvalue weighted by atomic mass is 9.68. The Hall–Kier alpha value is -0.570. The van der Waals surface area contributed by atoms with Gasteiger partial charge in [0, 0.05) is 5.41 Å². The zero-order chi connectivity index (χ0) is 10.3. The molecule has 1 aliphatic carbocycles. The second-order valence-electron chi connectivity index (χ2n) is 4.60. The first kappa shape index (κ1) is 10.5. The quantitative estimate of drug-likeness (QED) is 0.629. The fourth-order valence-corrected chi connectivity index (χ4v) is 2.07. The van der Waals surface area contributed by atoms with Crippen LogP contribution in [0, 0.1) is 10.8 Å². The molecule has 3 nitrogen and oxygen atoms in total. The molecule has 0 saturated heterocycles. The topological polar surface area (TPSA) is 46.5 Å². The lowest BCUT2D eigenvalue weighted by molar-refractivity contribution is -0.159. The van der Waals surface area contributed by atoms with Gasteiger partial charge in [0.1, 0.15) is 0 Å². The van der Waals surface area contributed by atoms with Crippen molar-refractivity contribution in [2.75, 3.05) is 7.11 Å². The summed E-state index contributed by atoms with van der Waals surface area (Å²) in [5.74, 6) is -0.214. The standard InChI is InChI=1S/C10H18O3/c1-9(2)7(11)5-6-10(9,3)8(12)13-4/h7,11H,5-6H2,1-4H3/t7-,10-/m0/s1. The van der Waals surface area contributed by atoms with Crippen molar-refractivity contribution in [3.05, 3.63) is 0 Å². The minimum absolute atomic E-state index is 0.214. The molecule has 0 aliphatic heterocycles. The van der Waals surface area contributed by atoms with E-state index in [1.165, 1.54) is 7.11 Å². The summed E-state index contributed by atoms with van der Waals surface area (Å²) in [6.07, 6.45) is 0.975. The van der Waals surface area contributed by atoms with E-state index in [4.69, 9.17) is 4.74 Å². The van der Waals surface area contributed by atoms with Crippen LogP contribution in [0.4, 0.5) is 0 Å². The summed E-state index contributed by atoms with van der Waals surface area (Å²) in [6.45, 7) is 5.71. The van der Waals surface area contributed by atoms with Gasteiger partial charge in [0.15, 0.2) is 0 Å². The molecule has 0 bridgehead atoms. The van der Waals surface area contributed by atoms with Gasteiger partial charge in [-0.3, -0.25) is 4.79 Å². The molecule has 0 spiro atoms. The summed E-state index contributed by atoms with van der Waals surface area (Å²) in [5, 5.41) is 9.73. The minimum Gasteiger partial charge on any atom is -0.469 e. The van der Waals surface area contributed by atoms with Crippen LogP contribution in [0.15, 0.2) is 0 Å². The summed E-state index contributed by atoms with van der Waals surface area (Å²) in [4.78, 5) is 11.6. The highest BCUT2D eigenvalue weighted by Crippen LogP contribution is 2.52. The predicted molar refractivity (Wildman–Crippen MR) is 49.1 cm³/mol. The maximum atomic E-state index is 11.6. The van der Waals surface area contributed by atoms with Gasteiger partial charge < -0.3 is 9.84 Å². The summed E-state index contributed by atoms with van der Waals surface area (Å²) in [5.41, 5.74) is -0.929. The highest BCUT2D eigenvalue weighted by Gasteiger charge is 2.56. The largest absolute Gasteiger partial charge is 0.469 e. The molecule has 1 aliphatic rings. The molecule has 0 radical (unpaired) electrons. The van der Waals surface area contributed by atoms with E-state index in [2.05, 4.69) is 0 Å². The van der Waals surface area contributed by atoms with E-state index in [0.717, 1.165) is 0 Å². The SMILES string of the molecule is COC(=O)[C@]1(C)CC[C@H](O)C1(C)C. The van der Waals surface area contributed by atoms with Crippen LogP contribution >= 0.6 is 0 Å². The van der Waals surface area contributed by atoms with E-state index in [-0.39, 0.29) is 11.4 Å². The van der Waals surface area contributed by atoms with Crippen molar-refractivity contribution < 1.29 is 14.6 Å². The van der Waals surface area contributed by atoms with Crippen molar-refractivity contribution >= 4 is 5.97 Å². The molecule has 0 aromatic rings. The van der Waals surface area contributed by atoms with Gasteiger partial charge in [0.25, 0.3) is 0 Å². The average molecular weight is 186 g/mol. The second-order valence-corrected chi connectivity index (χ2v) is 4.60. The Kier molecular flexibility index (Phi) is 2.41. The van der Waals surface area contributed by atoms with Gasteiger partial charge in [0.05, 0.1) is 18.6 Å². The van der Waals surface area contributed by atoms with Crippen LogP contribution in [0.5, 0.6) is 0 Å². The Morgan fingerprint density at radius 3 is 2.31 bits per heavy atom. The molecule has 0 heterocycles. The average Bonchev–Trinajstić information content (AvgIpc) is 2.29. The van der Waals surface area contributed by atoms with Crippen molar-refractivity contribution in [3.8, 4) is 0 Å². The first-order valence-electron chi connectivity index (χ1n) is 4.63. The third-order valence-electron chi connectivity index (χ3n) is 3.81. The molecule has 1 N–H and O–H groups in total. The smallest absolute Gasteiger partial charge is 0.312 e. The lowest BCUT2D eigenvalue weighted by Crippen LogP contribution is -2.43. The number of rotatable bonds is 1. The highest BCUT2D eigenvalue weighted by atomic mass is 16.5. The third-order valence-corrected chi connectivity index (χ3v) is 3.81. The van der Waals surface area contributed by atoms with Gasteiger partial charge in [0.2, 0.25) is 0 Å².